The SMILES string of the molecule is CC1=CC(=Cc2sc3ccccc3[n+]2C)C=C(C)O1.[O-][Cl+3]([O-])([O-])[O-]. The molecule has 0 unspecified atom stereocenters. The number of hydrogen-bond donors (Lipinski definition) is 0. The molecule has 2 aromatic rings. The number of thiazole rings is 1. The van der Waals surface area contributed by atoms with Crippen LogP contribution in [0.2, 0.25) is 0 Å². The zero-order valence-corrected chi connectivity index (χ0v) is 14.9. The molecule has 8 heteroatoms. The number of benzene rings is 1. The van der Waals surface area contributed by atoms with Gasteiger partial charge in [0.25, 0.3) is 5.01 Å². The summed E-state index contributed by atoms with van der Waals surface area (Å²) in [5.41, 5.74) is 2.45. The molecule has 0 fully saturated rings. The van der Waals surface area contributed by atoms with Crippen LogP contribution in [0.3, 0.4) is 0 Å². The molecule has 0 amide bonds. The van der Waals surface area contributed by atoms with Crippen molar-refractivity contribution in [2.45, 2.75) is 13.8 Å². The van der Waals surface area contributed by atoms with Gasteiger partial charge in [-0.2, -0.15) is 4.57 Å². The normalized spacial score (nSPS) is 14.4. The Morgan fingerprint density at radius 1 is 1.04 bits per heavy atom. The van der Waals surface area contributed by atoms with Crippen molar-refractivity contribution >= 4 is 27.6 Å². The van der Waals surface area contributed by atoms with E-state index in [1.807, 2.05) is 25.2 Å². The smallest absolute Gasteiger partial charge is 0.263 e. The minimum absolute atomic E-state index is 0.940. The Balaban J connectivity index is 0.000000368. The van der Waals surface area contributed by atoms with Gasteiger partial charge in [0.15, 0.2) is 0 Å². The molecule has 0 bridgehead atoms. The van der Waals surface area contributed by atoms with Gasteiger partial charge in [-0.1, -0.05) is 23.5 Å². The van der Waals surface area contributed by atoms with Crippen molar-refractivity contribution in [2.24, 2.45) is 7.05 Å². The molecule has 1 aliphatic heterocycles. The Morgan fingerprint density at radius 3 is 2.12 bits per heavy atom. The Kier molecular flexibility index (Phi) is 5.76. The minimum atomic E-state index is -4.94. The minimum Gasteiger partial charge on any atom is -0.467 e. The first kappa shape index (κ1) is 18.6. The summed E-state index contributed by atoms with van der Waals surface area (Å²) >= 11 is 1.81. The lowest BCUT2D eigenvalue weighted by atomic mass is 10.1. The van der Waals surface area contributed by atoms with Crippen LogP contribution >= 0.6 is 11.3 Å². The average Bonchev–Trinajstić information content (AvgIpc) is 2.73. The van der Waals surface area contributed by atoms with E-state index in [1.54, 1.807) is 0 Å². The van der Waals surface area contributed by atoms with Crippen molar-refractivity contribution in [1.82, 2.24) is 0 Å². The van der Waals surface area contributed by atoms with Crippen LogP contribution in [0.25, 0.3) is 16.3 Å². The monoisotopic (exact) mass is 369 g/mol. The summed E-state index contributed by atoms with van der Waals surface area (Å²) in [6, 6.07) is 8.47. The Labute approximate surface area is 145 Å². The van der Waals surface area contributed by atoms with Gasteiger partial charge in [0, 0.05) is 12.1 Å². The number of aromatic nitrogens is 1. The highest BCUT2D eigenvalue weighted by atomic mass is 35.7. The first-order chi connectivity index (χ1) is 11.1. The highest BCUT2D eigenvalue weighted by Crippen LogP contribution is 2.24. The van der Waals surface area contributed by atoms with Crippen LogP contribution in [0.15, 0.2) is 53.5 Å². The highest BCUT2D eigenvalue weighted by Gasteiger charge is 2.15. The lowest BCUT2D eigenvalue weighted by molar-refractivity contribution is -2.00. The maximum atomic E-state index is 8.49. The molecule has 6 nitrogen and oxygen atoms in total. The summed E-state index contributed by atoms with van der Waals surface area (Å²) in [4.78, 5) is 0. The second kappa shape index (κ2) is 7.43. The number of allylic oxidation sites excluding steroid dienone is 5. The molecule has 24 heavy (non-hydrogen) atoms. The Hall–Kier alpha value is -1.74. The molecule has 0 atom stereocenters. The van der Waals surface area contributed by atoms with Gasteiger partial charge in [-0.15, -0.1) is 10.2 Å². The van der Waals surface area contributed by atoms with E-state index in [9.17, 15) is 0 Å². The molecular formula is C16H16ClNO5S. The fraction of sp³-hybridized carbons (Fsp3) is 0.188. The van der Waals surface area contributed by atoms with Gasteiger partial charge in [0.2, 0.25) is 5.52 Å². The quantitative estimate of drug-likeness (QED) is 0.611. The van der Waals surface area contributed by atoms with Crippen molar-refractivity contribution < 1.29 is 38.2 Å². The number of fused-ring (bicyclic) bond motifs is 1. The largest absolute Gasteiger partial charge is 0.467 e. The van der Waals surface area contributed by atoms with E-state index in [-0.39, 0.29) is 0 Å². The standard InChI is InChI=1S/C16H16NOS.ClHO4/c1-11-8-13(9-12(2)18-11)10-16-17(3)14-6-4-5-7-15(14)19-16;2-1(3,4)5/h4-10H,1-3H3;(H,2,3,4,5)/q+1;/p-1. The zero-order chi connectivity index (χ0) is 17.9. The topological polar surface area (TPSA) is 105 Å². The van der Waals surface area contributed by atoms with Gasteiger partial charge < -0.3 is 4.74 Å². The van der Waals surface area contributed by atoms with Crippen molar-refractivity contribution in [1.29, 1.82) is 0 Å². The third-order valence-corrected chi connectivity index (χ3v) is 4.29. The maximum absolute atomic E-state index is 8.49. The molecule has 1 aliphatic rings. The molecule has 128 valence electrons. The number of aryl methyl sites for hydroxylation is 1. The lowest BCUT2D eigenvalue weighted by Gasteiger charge is -2.17. The Morgan fingerprint density at radius 2 is 1.58 bits per heavy atom. The van der Waals surface area contributed by atoms with Crippen LogP contribution < -0.4 is 23.2 Å². The van der Waals surface area contributed by atoms with Gasteiger partial charge in [0.05, 0.1) is 0 Å². The molecule has 0 N–H and O–H groups in total. The van der Waals surface area contributed by atoms with Gasteiger partial charge >= 0.3 is 0 Å². The number of para-hydroxylation sites is 1. The Bertz CT molecular complexity index is 807. The van der Waals surface area contributed by atoms with Gasteiger partial charge in [0.1, 0.15) is 23.3 Å². The second-order valence-electron chi connectivity index (χ2n) is 5.10. The molecule has 0 aliphatic carbocycles. The number of rotatable bonds is 1. The van der Waals surface area contributed by atoms with E-state index in [4.69, 9.17) is 23.4 Å². The van der Waals surface area contributed by atoms with E-state index in [0.29, 0.717) is 0 Å². The van der Waals surface area contributed by atoms with Crippen molar-refractivity contribution in [3.05, 3.63) is 58.5 Å². The van der Waals surface area contributed by atoms with Crippen molar-refractivity contribution in [3.8, 4) is 0 Å². The second-order valence-corrected chi connectivity index (χ2v) is 6.92. The van der Waals surface area contributed by atoms with E-state index >= 15 is 0 Å². The van der Waals surface area contributed by atoms with Crippen molar-refractivity contribution in [3.63, 3.8) is 0 Å². The molecule has 1 aromatic carbocycles. The number of halogens is 1. The summed E-state index contributed by atoms with van der Waals surface area (Å²) in [7, 11) is -2.84. The van der Waals surface area contributed by atoms with Crippen molar-refractivity contribution in [2.75, 3.05) is 0 Å². The third kappa shape index (κ3) is 5.41. The number of nitrogens with zero attached hydrogens (tertiary/aromatic N) is 1. The van der Waals surface area contributed by atoms with Crippen LogP contribution in [0.5, 0.6) is 0 Å². The summed E-state index contributed by atoms with van der Waals surface area (Å²) in [6.07, 6.45) is 6.34. The third-order valence-electron chi connectivity index (χ3n) is 3.12. The maximum Gasteiger partial charge on any atom is 0.263 e. The molecular weight excluding hydrogens is 354 g/mol. The lowest BCUT2D eigenvalue weighted by Crippen LogP contribution is -2.68. The van der Waals surface area contributed by atoms with Gasteiger partial charge in [-0.25, -0.2) is 18.6 Å². The van der Waals surface area contributed by atoms with E-state index < -0.39 is 10.2 Å². The zero-order valence-electron chi connectivity index (χ0n) is 13.3. The van der Waals surface area contributed by atoms with Gasteiger partial charge in [-0.05, 0) is 37.6 Å². The predicted molar refractivity (Wildman–Crippen MR) is 79.6 cm³/mol. The molecule has 1 aromatic heterocycles. The number of ether oxygens (including phenoxy) is 1. The first-order valence-corrected chi connectivity index (χ1v) is 8.94. The van der Waals surface area contributed by atoms with Crippen LogP contribution in [0.4, 0.5) is 0 Å². The molecule has 0 spiro atoms. The fourth-order valence-electron chi connectivity index (χ4n) is 2.30. The van der Waals surface area contributed by atoms with Crippen LogP contribution in [0.1, 0.15) is 18.9 Å². The fourth-order valence-corrected chi connectivity index (χ4v) is 3.41. The molecule has 0 saturated heterocycles. The summed E-state index contributed by atoms with van der Waals surface area (Å²) in [5.74, 6) is 1.88. The highest BCUT2D eigenvalue weighted by molar-refractivity contribution is 7.18. The predicted octanol–water partition coefficient (Wildman–Crippen LogP) is -0.809. The van der Waals surface area contributed by atoms with Crippen LogP contribution in [0, 0.1) is 10.2 Å². The molecule has 0 saturated carbocycles. The number of hydrogen-bond acceptors (Lipinski definition) is 6. The van der Waals surface area contributed by atoms with E-state index in [1.165, 1.54) is 20.8 Å². The first-order valence-electron chi connectivity index (χ1n) is 6.89. The molecule has 2 heterocycles. The average molecular weight is 370 g/mol. The van der Waals surface area contributed by atoms with Crippen LogP contribution in [-0.4, -0.2) is 0 Å². The van der Waals surface area contributed by atoms with Crippen LogP contribution in [-0.2, 0) is 11.8 Å². The van der Waals surface area contributed by atoms with E-state index in [2.05, 4.69) is 54.1 Å². The molecule has 3 rings (SSSR count). The van der Waals surface area contributed by atoms with E-state index in [0.717, 1.165) is 11.5 Å². The van der Waals surface area contributed by atoms with Gasteiger partial charge in [-0.3, -0.25) is 0 Å². The summed E-state index contributed by atoms with van der Waals surface area (Å²) < 4.78 is 43.0. The summed E-state index contributed by atoms with van der Waals surface area (Å²) in [5, 5.41) is 1.24. The molecule has 0 radical (unpaired) electrons. The summed E-state index contributed by atoms with van der Waals surface area (Å²) in [6.45, 7) is 3.96.